The quantitative estimate of drug-likeness (QED) is 0.0161. The molecule has 0 fully saturated rings. The molecule has 0 spiro atoms. The van der Waals surface area contributed by atoms with Crippen LogP contribution in [0.3, 0.4) is 0 Å². The van der Waals surface area contributed by atoms with Crippen LogP contribution in [-0.2, 0) is 27.9 Å². The Morgan fingerprint density at radius 2 is 0.859 bits per heavy atom. The Kier molecular flexibility index (Phi) is 54.5. The molecule has 0 radical (unpaired) electrons. The second-order valence-corrected chi connectivity index (χ2v) is 23.6. The number of esters is 1. The minimum absolute atomic E-state index is 0.0325. The molecule has 0 aliphatic heterocycles. The van der Waals surface area contributed by atoms with Crippen molar-refractivity contribution in [3.63, 3.8) is 0 Å². The van der Waals surface area contributed by atoms with Crippen LogP contribution < -0.4 is 10.2 Å². The summed E-state index contributed by atoms with van der Waals surface area (Å²) in [5.74, 6) is -0.576. The summed E-state index contributed by atoms with van der Waals surface area (Å²) in [7, 11) is 1.15. The van der Waals surface area contributed by atoms with Gasteiger partial charge in [-0.25, -0.2) is 0 Å². The highest BCUT2D eigenvalue weighted by Gasteiger charge is 2.27. The normalized spacial score (nSPS) is 14.4. The Bertz CT molecular complexity index is 1700. The van der Waals surface area contributed by atoms with Crippen molar-refractivity contribution in [2.45, 2.75) is 270 Å². The van der Waals surface area contributed by atoms with Gasteiger partial charge in [0.2, 0.25) is 5.91 Å². The molecule has 0 aliphatic rings. The van der Waals surface area contributed by atoms with Crippen LogP contribution in [0.25, 0.3) is 0 Å². The van der Waals surface area contributed by atoms with Crippen molar-refractivity contribution in [1.82, 2.24) is 5.32 Å². The first-order chi connectivity index (χ1) is 37.9. The van der Waals surface area contributed by atoms with Crippen molar-refractivity contribution in [1.29, 1.82) is 0 Å². The van der Waals surface area contributed by atoms with E-state index in [4.69, 9.17) is 13.8 Å². The van der Waals surface area contributed by atoms with E-state index in [9.17, 15) is 19.0 Å². The van der Waals surface area contributed by atoms with Crippen LogP contribution >= 0.6 is 7.82 Å². The largest absolute Gasteiger partial charge is 0.756 e. The van der Waals surface area contributed by atoms with Crippen molar-refractivity contribution in [3.8, 4) is 0 Å². The number of nitrogens with zero attached hydrogens (tertiary/aromatic N) is 1. The van der Waals surface area contributed by atoms with Crippen molar-refractivity contribution < 1.29 is 37.3 Å². The van der Waals surface area contributed by atoms with Crippen LogP contribution in [0.5, 0.6) is 0 Å². The number of carbonyl (C=O) groups excluding carboxylic acids is 2. The van der Waals surface area contributed by atoms with Gasteiger partial charge in [0.05, 0.1) is 33.8 Å². The predicted molar refractivity (Wildman–Crippen MR) is 334 cm³/mol. The van der Waals surface area contributed by atoms with Gasteiger partial charge in [-0.3, -0.25) is 14.2 Å². The number of amides is 1. The molecule has 0 aromatic carbocycles. The summed E-state index contributed by atoms with van der Waals surface area (Å²) in [6.45, 7) is 6.67. The third-order valence-corrected chi connectivity index (χ3v) is 14.4. The lowest BCUT2D eigenvalue weighted by Gasteiger charge is -2.30. The van der Waals surface area contributed by atoms with Crippen LogP contribution in [0, 0.1) is 0 Å². The van der Waals surface area contributed by atoms with Gasteiger partial charge < -0.3 is 28.5 Å². The van der Waals surface area contributed by atoms with Crippen molar-refractivity contribution >= 4 is 19.7 Å². The van der Waals surface area contributed by atoms with E-state index in [1.807, 2.05) is 33.3 Å². The lowest BCUT2D eigenvalue weighted by molar-refractivity contribution is -0.870. The number of carbonyl (C=O) groups is 2. The number of phosphoric acid groups is 1. The monoisotopic (exact) mass is 1110 g/mol. The summed E-state index contributed by atoms with van der Waals surface area (Å²) in [5, 5.41) is 3.02. The zero-order chi connectivity index (χ0) is 57.2. The fraction of sp³-hybridized carbons (Fsp3) is 0.706. The van der Waals surface area contributed by atoms with E-state index in [0.717, 1.165) is 148 Å². The van der Waals surface area contributed by atoms with Gasteiger partial charge >= 0.3 is 5.97 Å². The highest BCUT2D eigenvalue weighted by molar-refractivity contribution is 7.45. The van der Waals surface area contributed by atoms with Gasteiger partial charge in [0.25, 0.3) is 7.82 Å². The molecule has 0 aromatic heterocycles. The molecular formula is C68H119N2O7P. The minimum Gasteiger partial charge on any atom is -0.756 e. The molecule has 1 N–H and O–H groups in total. The third kappa shape index (κ3) is 57.4. The highest BCUT2D eigenvalue weighted by atomic mass is 31.2. The van der Waals surface area contributed by atoms with Crippen molar-refractivity contribution in [3.05, 3.63) is 109 Å². The first-order valence-corrected chi connectivity index (χ1v) is 33.2. The predicted octanol–water partition coefficient (Wildman–Crippen LogP) is 19.1. The zero-order valence-electron chi connectivity index (χ0n) is 51.1. The molecule has 0 aliphatic carbocycles. The smallest absolute Gasteiger partial charge is 0.306 e. The maximum atomic E-state index is 13.5. The van der Waals surface area contributed by atoms with Gasteiger partial charge in [0.1, 0.15) is 19.3 Å². The van der Waals surface area contributed by atoms with Crippen LogP contribution in [0.1, 0.15) is 258 Å². The summed E-state index contributed by atoms with van der Waals surface area (Å²) in [5.41, 5.74) is 0. The first kappa shape index (κ1) is 74.7. The average Bonchev–Trinajstić information content (AvgIpc) is 3.40. The fourth-order valence-electron chi connectivity index (χ4n) is 8.57. The Hall–Kier alpha value is -3.33. The highest BCUT2D eigenvalue weighted by Crippen LogP contribution is 2.38. The van der Waals surface area contributed by atoms with Crippen LogP contribution in [-0.4, -0.2) is 69.4 Å². The fourth-order valence-corrected chi connectivity index (χ4v) is 9.30. The summed E-state index contributed by atoms with van der Waals surface area (Å²) in [4.78, 5) is 40.0. The molecule has 0 saturated carbocycles. The lowest BCUT2D eigenvalue weighted by atomic mass is 10.0. The number of likely N-dealkylation sites (N-methyl/N-ethyl adjacent to an activating group) is 1. The van der Waals surface area contributed by atoms with Gasteiger partial charge in [0, 0.05) is 12.8 Å². The Balaban J connectivity index is 5.24. The second-order valence-electron chi connectivity index (χ2n) is 22.2. The topological polar surface area (TPSA) is 114 Å². The van der Waals surface area contributed by atoms with E-state index in [1.165, 1.54) is 70.6 Å². The van der Waals surface area contributed by atoms with Crippen molar-refractivity contribution in [2.75, 3.05) is 40.9 Å². The van der Waals surface area contributed by atoms with Crippen molar-refractivity contribution in [2.24, 2.45) is 0 Å². The molecule has 0 saturated heterocycles. The number of nitrogens with one attached hydrogen (secondary N) is 1. The van der Waals surface area contributed by atoms with Gasteiger partial charge in [-0.2, -0.15) is 0 Å². The van der Waals surface area contributed by atoms with E-state index in [1.54, 1.807) is 0 Å². The molecule has 0 heterocycles. The zero-order valence-corrected chi connectivity index (χ0v) is 52.0. The molecule has 0 bridgehead atoms. The number of hydrogen-bond donors (Lipinski definition) is 1. The number of hydrogen-bond acceptors (Lipinski definition) is 7. The minimum atomic E-state index is -4.71. The molecule has 1 amide bonds. The molecule has 448 valence electrons. The molecular weight excluding hydrogens is 988 g/mol. The Morgan fingerprint density at radius 1 is 0.474 bits per heavy atom. The van der Waals surface area contributed by atoms with Gasteiger partial charge in [-0.05, 0) is 109 Å². The molecule has 0 aromatic rings. The summed E-state index contributed by atoms with van der Waals surface area (Å²) in [6.07, 6.45) is 77.7. The molecule has 3 atom stereocenters. The van der Waals surface area contributed by atoms with Gasteiger partial charge in [0.15, 0.2) is 0 Å². The standard InChI is InChI=1S/C68H119N2O7P/c1-7-10-13-16-19-22-25-28-30-31-32-33-34-35-36-37-38-39-41-43-46-49-52-55-58-61-68(72)77-66(59-56-53-50-47-44-27-24-21-18-15-12-9-3)65(64-76-78(73,74)75-63-62-70(4,5)6)69-67(71)60-57-54-51-48-45-42-40-29-26-23-20-17-14-11-8-2/h10,13,19-20,22-23,26,28-30,32-33,35-36,38-39,56,59,65-66H,7-9,11-12,14-18,21,24-25,27,31,34,37,40-55,57-58,60-64H2,1-6H3,(H-,69,71,73,74)/b13-10-,22-19-,23-20+,29-26+,30-28-,33-32-,36-35-,39-38-,59-56-. The van der Waals surface area contributed by atoms with Crippen LogP contribution in [0.2, 0.25) is 0 Å². The Labute approximate surface area is 481 Å². The maximum absolute atomic E-state index is 13.5. The maximum Gasteiger partial charge on any atom is 0.306 e. The number of ether oxygens (including phenoxy) is 1. The molecule has 0 rings (SSSR count). The van der Waals surface area contributed by atoms with E-state index in [-0.39, 0.29) is 24.9 Å². The summed E-state index contributed by atoms with van der Waals surface area (Å²) in [6, 6.07) is -0.907. The van der Waals surface area contributed by atoms with Gasteiger partial charge in [-0.15, -0.1) is 0 Å². The van der Waals surface area contributed by atoms with E-state index in [2.05, 4.69) is 123 Å². The number of unbranched alkanes of at least 4 members (excludes halogenated alkanes) is 25. The van der Waals surface area contributed by atoms with E-state index in [0.29, 0.717) is 23.9 Å². The van der Waals surface area contributed by atoms with Crippen LogP contribution in [0.4, 0.5) is 0 Å². The van der Waals surface area contributed by atoms with E-state index >= 15 is 0 Å². The SMILES string of the molecule is CC/C=C\C/C=C\C/C=C\C/C=C\C/C=C\C/C=C\CCCCCCCCC(=O)OC(/C=C\CCCCCCCCCCCC)C(COP(=O)([O-])OCC[N+](C)(C)C)NC(=O)CCCCCCCC/C=C/C=C/CCCCC. The van der Waals surface area contributed by atoms with Crippen LogP contribution in [0.15, 0.2) is 109 Å². The Morgan fingerprint density at radius 3 is 1.33 bits per heavy atom. The number of quaternary nitrogens is 1. The average molecular weight is 1110 g/mol. The number of phosphoric ester groups is 1. The summed E-state index contributed by atoms with van der Waals surface area (Å²) >= 11 is 0. The lowest BCUT2D eigenvalue weighted by Crippen LogP contribution is -2.47. The summed E-state index contributed by atoms with van der Waals surface area (Å²) < 4.78 is 30.3. The molecule has 3 unspecified atom stereocenters. The molecule has 78 heavy (non-hydrogen) atoms. The van der Waals surface area contributed by atoms with Gasteiger partial charge in [-0.1, -0.05) is 246 Å². The third-order valence-electron chi connectivity index (χ3n) is 13.5. The molecule has 9 nitrogen and oxygen atoms in total. The van der Waals surface area contributed by atoms with E-state index < -0.39 is 26.6 Å². The number of rotatable bonds is 56. The molecule has 10 heteroatoms. The number of allylic oxidation sites excluding steroid dienone is 17. The first-order valence-electron chi connectivity index (χ1n) is 31.7. The second kappa shape index (κ2) is 56.9.